The summed E-state index contributed by atoms with van der Waals surface area (Å²) in [5, 5.41) is 2.84. The molecule has 0 spiro atoms. The fourth-order valence-corrected chi connectivity index (χ4v) is 4.12. The number of amides is 1. The maximum absolute atomic E-state index is 12.3. The van der Waals surface area contributed by atoms with Gasteiger partial charge in [0, 0.05) is 24.9 Å². The van der Waals surface area contributed by atoms with Crippen molar-refractivity contribution in [2.45, 2.75) is 52.6 Å². The van der Waals surface area contributed by atoms with Crippen molar-refractivity contribution in [2.75, 3.05) is 11.9 Å². The predicted molar refractivity (Wildman–Crippen MR) is 104 cm³/mol. The van der Waals surface area contributed by atoms with Crippen LogP contribution >= 0.6 is 11.3 Å². The van der Waals surface area contributed by atoms with Gasteiger partial charge < -0.3 is 0 Å². The monoisotopic (exact) mass is 357 g/mol. The van der Waals surface area contributed by atoms with Crippen LogP contribution in [-0.4, -0.2) is 28.9 Å². The molecule has 5 heteroatoms. The van der Waals surface area contributed by atoms with Gasteiger partial charge in [-0.15, -0.1) is 11.3 Å². The lowest BCUT2D eigenvalue weighted by atomic mass is 10.1. The van der Waals surface area contributed by atoms with Crippen molar-refractivity contribution in [3.8, 4) is 0 Å². The summed E-state index contributed by atoms with van der Waals surface area (Å²) in [7, 11) is 2.16. The molecule has 1 amide bonds. The number of aromatic nitrogens is 1. The highest BCUT2D eigenvalue weighted by molar-refractivity contribution is 7.14. The third-order valence-corrected chi connectivity index (χ3v) is 5.94. The number of hydrogen-bond donors (Lipinski definition) is 0. The normalized spacial score (nSPS) is 15.4. The Morgan fingerprint density at radius 2 is 2.08 bits per heavy atom. The molecule has 1 aliphatic rings. The molecule has 1 aromatic carbocycles. The molecule has 25 heavy (non-hydrogen) atoms. The average molecular weight is 358 g/mol. The smallest absolute Gasteiger partial charge is 0.230 e. The first-order chi connectivity index (χ1) is 12.0. The molecule has 3 rings (SSSR count). The topological polar surface area (TPSA) is 36.4 Å². The van der Waals surface area contributed by atoms with Crippen LogP contribution < -0.4 is 4.90 Å². The fraction of sp³-hybridized carbons (Fsp3) is 0.500. The first-order valence-corrected chi connectivity index (χ1v) is 9.92. The Morgan fingerprint density at radius 3 is 2.72 bits per heavy atom. The molecule has 1 unspecified atom stereocenters. The first-order valence-electron chi connectivity index (χ1n) is 9.04. The summed E-state index contributed by atoms with van der Waals surface area (Å²) in [5.74, 6) is 0.842. The number of hydrogen-bond acceptors (Lipinski definition) is 4. The van der Waals surface area contributed by atoms with Gasteiger partial charge in [0.15, 0.2) is 5.13 Å². The lowest BCUT2D eigenvalue weighted by Crippen LogP contribution is -2.30. The minimum Gasteiger partial charge on any atom is -0.298 e. The van der Waals surface area contributed by atoms with Gasteiger partial charge in [0.05, 0.1) is 11.4 Å². The minimum atomic E-state index is 0.00139. The van der Waals surface area contributed by atoms with Gasteiger partial charge in [-0.2, -0.15) is 0 Å². The Morgan fingerprint density at radius 1 is 1.36 bits per heavy atom. The first kappa shape index (κ1) is 18.1. The van der Waals surface area contributed by atoms with E-state index in [1.165, 1.54) is 12.8 Å². The maximum atomic E-state index is 12.3. The minimum absolute atomic E-state index is 0.00139. The van der Waals surface area contributed by atoms with Crippen LogP contribution in [-0.2, 0) is 17.8 Å². The van der Waals surface area contributed by atoms with Crippen molar-refractivity contribution < 1.29 is 4.79 Å². The van der Waals surface area contributed by atoms with E-state index in [2.05, 4.69) is 37.2 Å². The zero-order chi connectivity index (χ0) is 18.0. The molecule has 0 radical (unpaired) electrons. The number of para-hydroxylation sites is 1. The summed E-state index contributed by atoms with van der Waals surface area (Å²) >= 11 is 1.55. The summed E-state index contributed by atoms with van der Waals surface area (Å²) < 4.78 is 0. The molecule has 1 fully saturated rings. The van der Waals surface area contributed by atoms with Gasteiger partial charge in [0.25, 0.3) is 0 Å². The second kappa shape index (κ2) is 7.67. The third kappa shape index (κ3) is 4.10. The molecule has 134 valence electrons. The molecule has 0 aliphatic heterocycles. The van der Waals surface area contributed by atoms with Gasteiger partial charge in [-0.3, -0.25) is 14.6 Å². The number of aryl methyl sites for hydroxylation is 1. The van der Waals surface area contributed by atoms with E-state index in [0.717, 1.165) is 41.0 Å². The SMILES string of the molecule is CCc1ccccc1N(C(C)=O)c1nc(CN(C)C(C)C2CC2)cs1. The average Bonchev–Trinajstić information content (AvgIpc) is 3.35. The molecule has 0 N–H and O–H groups in total. The van der Waals surface area contributed by atoms with E-state index in [-0.39, 0.29) is 5.91 Å². The van der Waals surface area contributed by atoms with Crippen molar-refractivity contribution in [1.82, 2.24) is 9.88 Å². The summed E-state index contributed by atoms with van der Waals surface area (Å²) in [5.41, 5.74) is 3.14. The molecule has 0 bridgehead atoms. The highest BCUT2D eigenvalue weighted by Gasteiger charge is 2.30. The van der Waals surface area contributed by atoms with Crippen LogP contribution in [0, 0.1) is 5.92 Å². The Kier molecular flexibility index (Phi) is 5.54. The number of thiazole rings is 1. The van der Waals surface area contributed by atoms with Gasteiger partial charge in [-0.05, 0) is 50.8 Å². The van der Waals surface area contributed by atoms with Crippen LogP contribution in [0.4, 0.5) is 10.8 Å². The highest BCUT2D eigenvalue weighted by atomic mass is 32.1. The van der Waals surface area contributed by atoms with Crippen molar-refractivity contribution in [2.24, 2.45) is 5.92 Å². The summed E-state index contributed by atoms with van der Waals surface area (Å²) in [6, 6.07) is 8.66. The second-order valence-electron chi connectivity index (χ2n) is 6.95. The van der Waals surface area contributed by atoms with Crippen LogP contribution in [0.2, 0.25) is 0 Å². The van der Waals surface area contributed by atoms with E-state index in [9.17, 15) is 4.79 Å². The Bertz CT molecular complexity index is 738. The largest absolute Gasteiger partial charge is 0.298 e. The Hall–Kier alpha value is -1.72. The highest BCUT2D eigenvalue weighted by Crippen LogP contribution is 2.36. The van der Waals surface area contributed by atoms with Crippen molar-refractivity contribution in [3.05, 3.63) is 40.9 Å². The molecular weight excluding hydrogens is 330 g/mol. The van der Waals surface area contributed by atoms with Crippen molar-refractivity contribution in [3.63, 3.8) is 0 Å². The van der Waals surface area contributed by atoms with Crippen molar-refractivity contribution in [1.29, 1.82) is 0 Å². The molecule has 1 heterocycles. The van der Waals surface area contributed by atoms with Crippen molar-refractivity contribution >= 4 is 28.1 Å². The quantitative estimate of drug-likeness (QED) is 0.725. The van der Waals surface area contributed by atoms with Crippen LogP contribution in [0.1, 0.15) is 44.9 Å². The molecular formula is C20H27N3OS. The summed E-state index contributed by atoms with van der Waals surface area (Å²) in [6.45, 7) is 6.84. The van der Waals surface area contributed by atoms with Crippen LogP contribution in [0.25, 0.3) is 0 Å². The Balaban J connectivity index is 1.81. The van der Waals surface area contributed by atoms with E-state index in [4.69, 9.17) is 4.98 Å². The molecule has 1 aliphatic carbocycles. The van der Waals surface area contributed by atoms with E-state index in [1.54, 1.807) is 23.2 Å². The number of anilines is 2. The maximum Gasteiger partial charge on any atom is 0.230 e. The third-order valence-electron chi connectivity index (χ3n) is 5.07. The van der Waals surface area contributed by atoms with Gasteiger partial charge in [0.1, 0.15) is 0 Å². The van der Waals surface area contributed by atoms with Crippen LogP contribution in [0.15, 0.2) is 29.6 Å². The number of nitrogens with zero attached hydrogens (tertiary/aromatic N) is 3. The van der Waals surface area contributed by atoms with Crippen LogP contribution in [0.3, 0.4) is 0 Å². The number of benzene rings is 1. The Labute approximate surface area is 154 Å². The van der Waals surface area contributed by atoms with Gasteiger partial charge in [-0.25, -0.2) is 4.98 Å². The van der Waals surface area contributed by atoms with Crippen LogP contribution in [0.5, 0.6) is 0 Å². The standard InChI is InChI=1S/C20H27N3OS/c1-5-16-8-6-7-9-19(16)23(15(3)24)20-21-18(13-25-20)12-22(4)14(2)17-10-11-17/h6-9,13-14,17H,5,10-12H2,1-4H3. The van der Waals surface area contributed by atoms with Gasteiger partial charge in [-0.1, -0.05) is 25.1 Å². The molecule has 0 saturated heterocycles. The zero-order valence-electron chi connectivity index (χ0n) is 15.5. The van der Waals surface area contributed by atoms with Gasteiger partial charge >= 0.3 is 0 Å². The number of rotatable bonds is 7. The second-order valence-corrected chi connectivity index (χ2v) is 7.79. The van der Waals surface area contributed by atoms with E-state index < -0.39 is 0 Å². The predicted octanol–water partition coefficient (Wildman–Crippen LogP) is 4.62. The lowest BCUT2D eigenvalue weighted by molar-refractivity contribution is -0.115. The van der Waals surface area contributed by atoms with E-state index in [0.29, 0.717) is 6.04 Å². The van der Waals surface area contributed by atoms with E-state index >= 15 is 0 Å². The number of carbonyl (C=O) groups is 1. The molecule has 1 aromatic heterocycles. The summed E-state index contributed by atoms with van der Waals surface area (Å²) in [4.78, 5) is 21.2. The molecule has 2 aromatic rings. The van der Waals surface area contributed by atoms with E-state index in [1.807, 2.05) is 18.2 Å². The van der Waals surface area contributed by atoms with Gasteiger partial charge in [0.2, 0.25) is 5.91 Å². The number of carbonyl (C=O) groups excluding carboxylic acids is 1. The summed E-state index contributed by atoms with van der Waals surface area (Å²) in [6.07, 6.45) is 3.58. The fourth-order valence-electron chi connectivity index (χ4n) is 3.24. The molecule has 4 nitrogen and oxygen atoms in total. The molecule has 1 atom stereocenters. The zero-order valence-corrected chi connectivity index (χ0v) is 16.3. The lowest BCUT2D eigenvalue weighted by Gasteiger charge is -2.23. The molecule has 1 saturated carbocycles.